The lowest BCUT2D eigenvalue weighted by atomic mass is 10.2. The number of esters is 1. The van der Waals surface area contributed by atoms with Crippen LogP contribution in [0.3, 0.4) is 0 Å². The minimum atomic E-state index is -0.290. The Balaban J connectivity index is 1.86. The normalized spacial score (nSPS) is 11.1. The van der Waals surface area contributed by atoms with E-state index in [0.717, 1.165) is 33.4 Å². The molecule has 0 unspecified atom stereocenters. The molecule has 0 aliphatic heterocycles. The average molecular weight is 351 g/mol. The van der Waals surface area contributed by atoms with Gasteiger partial charge in [-0.2, -0.15) is 0 Å². The van der Waals surface area contributed by atoms with E-state index in [1.807, 2.05) is 30.3 Å². The highest BCUT2D eigenvalue weighted by Crippen LogP contribution is 2.36. The third-order valence-corrected chi connectivity index (χ3v) is 5.47. The Hall–Kier alpha value is -2.79. The summed E-state index contributed by atoms with van der Waals surface area (Å²) in [4.78, 5) is 13.6. The van der Waals surface area contributed by atoms with Gasteiger partial charge in [0.15, 0.2) is 0 Å². The molecule has 0 spiro atoms. The van der Waals surface area contributed by atoms with Crippen LogP contribution < -0.4 is 4.74 Å². The molecule has 0 N–H and O–H groups in total. The predicted octanol–water partition coefficient (Wildman–Crippen LogP) is 4.70. The van der Waals surface area contributed by atoms with E-state index >= 15 is 0 Å². The molecular formula is C20H17NO3S. The summed E-state index contributed by atoms with van der Waals surface area (Å²) in [5.41, 5.74) is 2.34. The molecule has 0 atom stereocenters. The number of nitrogens with zero attached hydrogens (tertiary/aromatic N) is 1. The van der Waals surface area contributed by atoms with Gasteiger partial charge in [-0.05, 0) is 29.8 Å². The van der Waals surface area contributed by atoms with E-state index < -0.39 is 0 Å². The van der Waals surface area contributed by atoms with E-state index in [2.05, 4.69) is 28.8 Å². The van der Waals surface area contributed by atoms with Gasteiger partial charge in [-0.15, -0.1) is 11.3 Å². The van der Waals surface area contributed by atoms with Gasteiger partial charge in [-0.3, -0.25) is 0 Å². The van der Waals surface area contributed by atoms with Crippen LogP contribution in [0.1, 0.15) is 15.2 Å². The topological polar surface area (TPSA) is 40.5 Å². The molecule has 0 aliphatic carbocycles. The molecule has 25 heavy (non-hydrogen) atoms. The highest BCUT2D eigenvalue weighted by molar-refractivity contribution is 7.20. The standard InChI is InChI=1S/C20H17NO3S/c1-23-14-9-7-13(8-10-14)12-21-17-6-4-3-5-15(17)16-11-18(20(22)24-2)25-19(16)21/h3-11H,12H2,1-2H3. The summed E-state index contributed by atoms with van der Waals surface area (Å²) in [5, 5.41) is 2.24. The van der Waals surface area contributed by atoms with Gasteiger partial charge in [0.05, 0.1) is 19.7 Å². The second-order valence-electron chi connectivity index (χ2n) is 5.77. The average Bonchev–Trinajstić information content (AvgIpc) is 3.21. The minimum absolute atomic E-state index is 0.290. The van der Waals surface area contributed by atoms with Gasteiger partial charge < -0.3 is 14.0 Å². The number of thiophene rings is 1. The van der Waals surface area contributed by atoms with Gasteiger partial charge in [0.25, 0.3) is 0 Å². The first-order chi connectivity index (χ1) is 12.2. The Morgan fingerprint density at radius 2 is 1.80 bits per heavy atom. The molecule has 2 aromatic heterocycles. The number of carbonyl (C=O) groups is 1. The van der Waals surface area contributed by atoms with Crippen molar-refractivity contribution < 1.29 is 14.3 Å². The Morgan fingerprint density at radius 3 is 2.52 bits per heavy atom. The number of hydrogen-bond acceptors (Lipinski definition) is 4. The first-order valence-corrected chi connectivity index (χ1v) is 8.75. The monoisotopic (exact) mass is 351 g/mol. The van der Waals surface area contributed by atoms with Crippen molar-refractivity contribution in [2.75, 3.05) is 14.2 Å². The fraction of sp³-hybridized carbons (Fsp3) is 0.150. The molecule has 0 saturated heterocycles. The Kier molecular flexibility index (Phi) is 3.93. The minimum Gasteiger partial charge on any atom is -0.497 e. The molecule has 126 valence electrons. The second kappa shape index (κ2) is 6.26. The van der Waals surface area contributed by atoms with E-state index in [9.17, 15) is 4.79 Å². The quantitative estimate of drug-likeness (QED) is 0.500. The summed E-state index contributed by atoms with van der Waals surface area (Å²) in [6, 6.07) is 18.3. The molecule has 0 bridgehead atoms. The van der Waals surface area contributed by atoms with Crippen LogP contribution in [0.25, 0.3) is 21.1 Å². The molecule has 0 saturated carbocycles. The molecule has 2 heterocycles. The third kappa shape index (κ3) is 2.66. The molecule has 4 aromatic rings. The summed E-state index contributed by atoms with van der Waals surface area (Å²) in [6.07, 6.45) is 0. The lowest BCUT2D eigenvalue weighted by molar-refractivity contribution is 0.0606. The SMILES string of the molecule is COC(=O)c1cc2c3ccccc3n(Cc3ccc(OC)cc3)c2s1. The summed E-state index contributed by atoms with van der Waals surface area (Å²) in [5.74, 6) is 0.552. The van der Waals surface area contributed by atoms with Crippen molar-refractivity contribution in [3.05, 3.63) is 65.0 Å². The zero-order chi connectivity index (χ0) is 17.4. The predicted molar refractivity (Wildman–Crippen MR) is 101 cm³/mol. The Morgan fingerprint density at radius 1 is 1.04 bits per heavy atom. The van der Waals surface area contributed by atoms with E-state index in [4.69, 9.17) is 9.47 Å². The molecule has 0 amide bonds. The fourth-order valence-corrected chi connectivity index (χ4v) is 4.20. The summed E-state index contributed by atoms with van der Waals surface area (Å²) >= 11 is 1.47. The van der Waals surface area contributed by atoms with Gasteiger partial charge in [0.1, 0.15) is 15.5 Å². The van der Waals surface area contributed by atoms with Crippen LogP contribution in [0.15, 0.2) is 54.6 Å². The second-order valence-corrected chi connectivity index (χ2v) is 6.80. The first-order valence-electron chi connectivity index (χ1n) is 7.93. The fourth-order valence-electron chi connectivity index (χ4n) is 3.09. The van der Waals surface area contributed by atoms with E-state index in [0.29, 0.717) is 4.88 Å². The number of ether oxygens (including phenoxy) is 2. The number of fused-ring (bicyclic) bond motifs is 3. The van der Waals surface area contributed by atoms with Gasteiger partial charge in [0, 0.05) is 17.3 Å². The van der Waals surface area contributed by atoms with Crippen LogP contribution in [0, 0.1) is 0 Å². The number of methoxy groups -OCH3 is 2. The molecule has 2 aromatic carbocycles. The molecule has 5 heteroatoms. The molecule has 4 rings (SSSR count). The van der Waals surface area contributed by atoms with Crippen LogP contribution in [-0.2, 0) is 11.3 Å². The van der Waals surface area contributed by atoms with Crippen molar-refractivity contribution in [1.29, 1.82) is 0 Å². The zero-order valence-corrected chi connectivity index (χ0v) is 14.8. The number of carbonyl (C=O) groups excluding carboxylic acids is 1. The maximum absolute atomic E-state index is 11.9. The van der Waals surface area contributed by atoms with Crippen molar-refractivity contribution in [2.45, 2.75) is 6.54 Å². The number of aromatic nitrogens is 1. The van der Waals surface area contributed by atoms with E-state index in [1.54, 1.807) is 7.11 Å². The highest BCUT2D eigenvalue weighted by atomic mass is 32.1. The van der Waals surface area contributed by atoms with Crippen molar-refractivity contribution in [2.24, 2.45) is 0 Å². The van der Waals surface area contributed by atoms with Gasteiger partial charge in [-0.25, -0.2) is 4.79 Å². The molecule has 0 fully saturated rings. The van der Waals surface area contributed by atoms with E-state index in [1.165, 1.54) is 24.0 Å². The van der Waals surface area contributed by atoms with Crippen molar-refractivity contribution in [3.8, 4) is 5.75 Å². The smallest absolute Gasteiger partial charge is 0.348 e. The van der Waals surface area contributed by atoms with Crippen molar-refractivity contribution in [3.63, 3.8) is 0 Å². The first kappa shape index (κ1) is 15.7. The van der Waals surface area contributed by atoms with Crippen LogP contribution >= 0.6 is 11.3 Å². The molecule has 0 radical (unpaired) electrons. The third-order valence-electron chi connectivity index (χ3n) is 4.33. The van der Waals surface area contributed by atoms with Crippen molar-refractivity contribution in [1.82, 2.24) is 4.57 Å². The van der Waals surface area contributed by atoms with Gasteiger partial charge in [-0.1, -0.05) is 30.3 Å². The lowest BCUT2D eigenvalue weighted by Gasteiger charge is -2.08. The number of para-hydroxylation sites is 1. The summed E-state index contributed by atoms with van der Waals surface area (Å²) in [7, 11) is 3.08. The number of benzene rings is 2. The van der Waals surface area contributed by atoms with Crippen LogP contribution in [0.4, 0.5) is 0 Å². The zero-order valence-electron chi connectivity index (χ0n) is 14.0. The molecule has 0 aliphatic rings. The highest BCUT2D eigenvalue weighted by Gasteiger charge is 2.17. The van der Waals surface area contributed by atoms with Crippen LogP contribution in [0.5, 0.6) is 5.75 Å². The largest absolute Gasteiger partial charge is 0.497 e. The lowest BCUT2D eigenvalue weighted by Crippen LogP contribution is -1.99. The van der Waals surface area contributed by atoms with Crippen LogP contribution in [-0.4, -0.2) is 24.8 Å². The van der Waals surface area contributed by atoms with E-state index in [-0.39, 0.29) is 5.97 Å². The summed E-state index contributed by atoms with van der Waals surface area (Å²) < 4.78 is 12.4. The van der Waals surface area contributed by atoms with Gasteiger partial charge in [0.2, 0.25) is 0 Å². The van der Waals surface area contributed by atoms with Crippen LogP contribution in [0.2, 0.25) is 0 Å². The van der Waals surface area contributed by atoms with Gasteiger partial charge >= 0.3 is 5.97 Å². The molecular weight excluding hydrogens is 334 g/mol. The number of rotatable bonds is 4. The maximum Gasteiger partial charge on any atom is 0.348 e. The summed E-state index contributed by atoms with van der Waals surface area (Å²) in [6.45, 7) is 0.731. The van der Waals surface area contributed by atoms with Crippen molar-refractivity contribution >= 4 is 38.4 Å². The number of hydrogen-bond donors (Lipinski definition) is 0. The Bertz CT molecular complexity index is 1060. The Labute approximate surface area is 149 Å². The maximum atomic E-state index is 11.9. The molecule has 4 nitrogen and oxygen atoms in total.